The Balaban J connectivity index is 1.40. The SMILES string of the molecule is CC1CCC(Nc2ncc(-c3ccc4c(cnn4C)c3)c(OCC3CCOCC3)n2)CC1. The zero-order chi connectivity index (χ0) is 21.9. The Labute approximate surface area is 189 Å². The molecule has 0 unspecified atom stereocenters. The van der Waals surface area contributed by atoms with Crippen LogP contribution in [-0.2, 0) is 11.8 Å². The van der Waals surface area contributed by atoms with Crippen LogP contribution < -0.4 is 10.1 Å². The van der Waals surface area contributed by atoms with E-state index in [0.29, 0.717) is 30.4 Å². The molecule has 0 spiro atoms. The molecule has 0 bridgehead atoms. The Bertz CT molecular complexity index is 1050. The molecule has 5 rings (SSSR count). The summed E-state index contributed by atoms with van der Waals surface area (Å²) in [7, 11) is 1.96. The summed E-state index contributed by atoms with van der Waals surface area (Å²) in [4.78, 5) is 9.50. The standard InChI is InChI=1S/C25H33N5O2/c1-17-3-6-21(7-4-17)28-25-26-15-22(19-5-8-23-20(13-19)14-27-30(23)2)24(29-25)32-16-18-9-11-31-12-10-18/h5,8,13-15,17-18,21H,3-4,6-7,9-12,16H2,1-2H3,(H,26,28,29). The van der Waals surface area contributed by atoms with Crippen molar-refractivity contribution in [1.82, 2.24) is 19.7 Å². The Kier molecular flexibility index (Phi) is 6.26. The smallest absolute Gasteiger partial charge is 0.226 e. The van der Waals surface area contributed by atoms with E-state index in [2.05, 4.69) is 40.5 Å². The molecule has 1 N–H and O–H groups in total. The van der Waals surface area contributed by atoms with Gasteiger partial charge in [-0.25, -0.2) is 4.98 Å². The predicted molar refractivity (Wildman–Crippen MR) is 126 cm³/mol. The molecule has 1 aliphatic heterocycles. The van der Waals surface area contributed by atoms with Gasteiger partial charge in [0.1, 0.15) is 0 Å². The van der Waals surface area contributed by atoms with E-state index in [-0.39, 0.29) is 0 Å². The maximum Gasteiger partial charge on any atom is 0.226 e. The minimum atomic E-state index is 0.437. The van der Waals surface area contributed by atoms with E-state index in [1.165, 1.54) is 25.7 Å². The van der Waals surface area contributed by atoms with Gasteiger partial charge in [-0.3, -0.25) is 4.68 Å². The minimum absolute atomic E-state index is 0.437. The van der Waals surface area contributed by atoms with E-state index in [1.807, 2.05) is 24.1 Å². The summed E-state index contributed by atoms with van der Waals surface area (Å²) in [6, 6.07) is 6.76. The number of aryl methyl sites for hydroxylation is 1. The predicted octanol–water partition coefficient (Wildman–Crippen LogP) is 4.83. The van der Waals surface area contributed by atoms with E-state index in [1.54, 1.807) is 0 Å². The lowest BCUT2D eigenvalue weighted by molar-refractivity contribution is 0.0491. The number of aromatic nitrogens is 4. The molecule has 170 valence electrons. The molecule has 1 saturated carbocycles. The van der Waals surface area contributed by atoms with Gasteiger partial charge in [-0.05, 0) is 68.1 Å². The second-order valence-electron chi connectivity index (χ2n) is 9.42. The fourth-order valence-electron chi connectivity index (χ4n) is 4.77. The van der Waals surface area contributed by atoms with E-state index in [9.17, 15) is 0 Å². The van der Waals surface area contributed by atoms with Gasteiger partial charge >= 0.3 is 0 Å². The highest BCUT2D eigenvalue weighted by molar-refractivity contribution is 5.85. The molecule has 0 atom stereocenters. The van der Waals surface area contributed by atoms with Gasteiger partial charge in [0.05, 0.1) is 23.9 Å². The van der Waals surface area contributed by atoms with Crippen molar-refractivity contribution in [2.24, 2.45) is 18.9 Å². The van der Waals surface area contributed by atoms with Gasteiger partial charge in [-0.1, -0.05) is 13.0 Å². The first-order valence-electron chi connectivity index (χ1n) is 11.9. The number of nitrogens with zero attached hydrogens (tertiary/aromatic N) is 4. The zero-order valence-electron chi connectivity index (χ0n) is 19.1. The largest absolute Gasteiger partial charge is 0.477 e. The van der Waals surface area contributed by atoms with Crippen molar-refractivity contribution in [3.63, 3.8) is 0 Å². The van der Waals surface area contributed by atoms with Crippen LogP contribution in [0.25, 0.3) is 22.0 Å². The molecule has 2 fully saturated rings. The second-order valence-corrected chi connectivity index (χ2v) is 9.42. The van der Waals surface area contributed by atoms with Crippen molar-refractivity contribution in [1.29, 1.82) is 0 Å². The Hall–Kier alpha value is -2.67. The lowest BCUT2D eigenvalue weighted by Gasteiger charge is -2.27. The third-order valence-corrected chi connectivity index (χ3v) is 6.96. The first-order chi connectivity index (χ1) is 15.7. The molecule has 32 heavy (non-hydrogen) atoms. The van der Waals surface area contributed by atoms with E-state index < -0.39 is 0 Å². The number of ether oxygens (including phenoxy) is 2. The molecule has 1 saturated heterocycles. The summed E-state index contributed by atoms with van der Waals surface area (Å²) in [6.45, 7) is 4.62. The van der Waals surface area contributed by atoms with E-state index in [4.69, 9.17) is 14.5 Å². The van der Waals surface area contributed by atoms with Crippen molar-refractivity contribution in [2.75, 3.05) is 25.1 Å². The normalized spacial score (nSPS) is 22.2. The molecule has 2 aliphatic rings. The van der Waals surface area contributed by atoms with Gasteiger partial charge in [0.15, 0.2) is 0 Å². The summed E-state index contributed by atoms with van der Waals surface area (Å²) >= 11 is 0. The first-order valence-corrected chi connectivity index (χ1v) is 11.9. The van der Waals surface area contributed by atoms with Gasteiger partial charge in [-0.2, -0.15) is 10.1 Å². The van der Waals surface area contributed by atoms with Crippen molar-refractivity contribution in [3.8, 4) is 17.0 Å². The van der Waals surface area contributed by atoms with Crippen LogP contribution in [-0.4, -0.2) is 45.6 Å². The number of rotatable bonds is 6. The molecule has 7 heteroatoms. The van der Waals surface area contributed by atoms with Crippen LogP contribution in [0.2, 0.25) is 0 Å². The third-order valence-electron chi connectivity index (χ3n) is 6.96. The Morgan fingerprint density at radius 3 is 2.72 bits per heavy atom. The van der Waals surface area contributed by atoms with E-state index in [0.717, 1.165) is 54.0 Å². The molecular formula is C25H33N5O2. The van der Waals surface area contributed by atoms with Gasteiger partial charge in [0.2, 0.25) is 11.8 Å². The minimum Gasteiger partial charge on any atom is -0.477 e. The number of hydrogen-bond acceptors (Lipinski definition) is 6. The molecule has 1 aromatic carbocycles. The van der Waals surface area contributed by atoms with E-state index >= 15 is 0 Å². The highest BCUT2D eigenvalue weighted by Gasteiger charge is 2.21. The Morgan fingerprint density at radius 2 is 1.91 bits per heavy atom. The second kappa shape index (κ2) is 9.45. The summed E-state index contributed by atoms with van der Waals surface area (Å²) in [6.07, 6.45) is 10.7. The number of hydrogen-bond donors (Lipinski definition) is 1. The summed E-state index contributed by atoms with van der Waals surface area (Å²) in [5.41, 5.74) is 3.07. The van der Waals surface area contributed by atoms with Crippen LogP contribution in [0.5, 0.6) is 5.88 Å². The van der Waals surface area contributed by atoms with Gasteiger partial charge in [0.25, 0.3) is 0 Å². The van der Waals surface area contributed by atoms with Crippen molar-refractivity contribution in [2.45, 2.75) is 51.5 Å². The lowest BCUT2D eigenvalue weighted by atomic mass is 9.87. The zero-order valence-corrected chi connectivity index (χ0v) is 19.1. The van der Waals surface area contributed by atoms with Crippen LogP contribution >= 0.6 is 0 Å². The number of fused-ring (bicyclic) bond motifs is 1. The van der Waals surface area contributed by atoms with Crippen LogP contribution in [0.4, 0.5) is 5.95 Å². The molecular weight excluding hydrogens is 402 g/mol. The molecule has 0 radical (unpaired) electrons. The third kappa shape index (κ3) is 4.72. The monoisotopic (exact) mass is 435 g/mol. The lowest BCUT2D eigenvalue weighted by Crippen LogP contribution is -2.26. The van der Waals surface area contributed by atoms with Crippen LogP contribution in [0.3, 0.4) is 0 Å². The maximum absolute atomic E-state index is 6.33. The number of anilines is 1. The Morgan fingerprint density at radius 1 is 1.09 bits per heavy atom. The number of nitrogens with one attached hydrogen (secondary N) is 1. The van der Waals surface area contributed by atoms with Crippen molar-refractivity contribution < 1.29 is 9.47 Å². The van der Waals surface area contributed by atoms with Gasteiger partial charge < -0.3 is 14.8 Å². The first kappa shape index (κ1) is 21.2. The molecule has 2 aromatic heterocycles. The fraction of sp³-hybridized carbons (Fsp3) is 0.560. The topological polar surface area (TPSA) is 74.1 Å². The molecule has 3 aromatic rings. The number of benzene rings is 1. The fourth-order valence-corrected chi connectivity index (χ4v) is 4.77. The van der Waals surface area contributed by atoms with Crippen LogP contribution in [0.1, 0.15) is 45.4 Å². The van der Waals surface area contributed by atoms with Crippen LogP contribution in [0.15, 0.2) is 30.6 Å². The maximum atomic E-state index is 6.33. The summed E-state index contributed by atoms with van der Waals surface area (Å²) in [5, 5.41) is 9.02. The average molecular weight is 436 g/mol. The molecule has 3 heterocycles. The molecule has 7 nitrogen and oxygen atoms in total. The van der Waals surface area contributed by atoms with Crippen molar-refractivity contribution in [3.05, 3.63) is 30.6 Å². The van der Waals surface area contributed by atoms with Gasteiger partial charge in [-0.15, -0.1) is 0 Å². The van der Waals surface area contributed by atoms with Crippen LogP contribution in [0, 0.1) is 11.8 Å². The van der Waals surface area contributed by atoms with Crippen molar-refractivity contribution >= 4 is 16.9 Å². The average Bonchev–Trinajstić information content (AvgIpc) is 3.20. The quantitative estimate of drug-likeness (QED) is 0.598. The van der Waals surface area contributed by atoms with Gasteiger partial charge in [0, 0.05) is 37.9 Å². The summed E-state index contributed by atoms with van der Waals surface area (Å²) in [5.74, 6) is 2.64. The highest BCUT2D eigenvalue weighted by Crippen LogP contribution is 2.32. The molecule has 1 aliphatic carbocycles. The summed E-state index contributed by atoms with van der Waals surface area (Å²) < 4.78 is 13.7. The molecule has 0 amide bonds. The highest BCUT2D eigenvalue weighted by atomic mass is 16.5.